The molecule has 0 aromatic heterocycles. The number of ether oxygens (including phenoxy) is 1. The molecule has 0 radical (unpaired) electrons. The lowest BCUT2D eigenvalue weighted by Gasteiger charge is -2.07. The second kappa shape index (κ2) is 9.12. The minimum atomic E-state index is -0.456. The first-order valence-electron chi connectivity index (χ1n) is 7.89. The smallest absolute Gasteiger partial charge is 0.277 e. The highest BCUT2D eigenvalue weighted by Crippen LogP contribution is 2.18. The fraction of sp³-hybridized carbons (Fsp3) is 0.158. The number of nitrogens with one attached hydrogen (secondary N) is 1. The normalized spacial score (nSPS) is 11.0. The molecular weight excluding hydrogens is 334 g/mol. The minimum Gasteiger partial charge on any atom is -0.484 e. The lowest BCUT2D eigenvalue weighted by atomic mass is 10.1. The predicted octanol–water partition coefficient (Wildman–Crippen LogP) is 3.41. The van der Waals surface area contributed by atoms with Crippen molar-refractivity contribution in [3.8, 4) is 5.75 Å². The Morgan fingerprint density at radius 2 is 2.00 bits per heavy atom. The second-order valence-electron chi connectivity index (χ2n) is 5.52. The van der Waals surface area contributed by atoms with E-state index < -0.39 is 10.8 Å². The zero-order valence-corrected chi connectivity index (χ0v) is 14.5. The Hall–Kier alpha value is -3.48. The van der Waals surface area contributed by atoms with E-state index in [4.69, 9.17) is 4.74 Å². The van der Waals surface area contributed by atoms with Gasteiger partial charge in [-0.3, -0.25) is 14.9 Å². The van der Waals surface area contributed by atoms with Gasteiger partial charge in [0.05, 0.1) is 10.5 Å². The van der Waals surface area contributed by atoms with E-state index in [1.165, 1.54) is 18.4 Å². The van der Waals surface area contributed by atoms with E-state index in [-0.39, 0.29) is 12.3 Å². The number of carbonyl (C=O) groups excluding carboxylic acids is 1. The van der Waals surface area contributed by atoms with Gasteiger partial charge in [0.2, 0.25) is 0 Å². The van der Waals surface area contributed by atoms with Crippen LogP contribution in [0.2, 0.25) is 0 Å². The van der Waals surface area contributed by atoms with Crippen LogP contribution in [0.3, 0.4) is 0 Å². The van der Waals surface area contributed by atoms with Crippen molar-refractivity contribution in [2.45, 2.75) is 13.8 Å². The third kappa shape index (κ3) is 5.55. The number of carbonyl (C=O) groups is 1. The van der Waals surface area contributed by atoms with Gasteiger partial charge < -0.3 is 4.74 Å². The van der Waals surface area contributed by atoms with Gasteiger partial charge in [0.25, 0.3) is 11.6 Å². The van der Waals surface area contributed by atoms with Crippen molar-refractivity contribution >= 4 is 23.9 Å². The van der Waals surface area contributed by atoms with Crippen LogP contribution in [0.4, 0.5) is 5.69 Å². The Kier molecular flexibility index (Phi) is 6.61. The maximum absolute atomic E-state index is 11.7. The molecule has 1 N–H and O–H groups in total. The number of hydrazone groups is 1. The molecule has 0 atom stereocenters. The minimum absolute atomic E-state index is 0.00276. The van der Waals surface area contributed by atoms with E-state index in [0.717, 1.165) is 11.1 Å². The maximum Gasteiger partial charge on any atom is 0.277 e. The molecule has 2 aromatic rings. The number of aryl methyl sites for hydroxylation is 2. The quantitative estimate of drug-likeness (QED) is 0.469. The summed E-state index contributed by atoms with van der Waals surface area (Å²) in [6.07, 6.45) is 4.39. The molecule has 134 valence electrons. The SMILES string of the molecule is Cc1ccc(OCC(=O)N/N=C\C=C\c2ccccc2[N+](=O)[O-])cc1C. The molecule has 0 saturated carbocycles. The van der Waals surface area contributed by atoms with Gasteiger partial charge in [-0.05, 0) is 55.3 Å². The molecule has 7 heteroatoms. The molecule has 0 bridgehead atoms. The summed E-state index contributed by atoms with van der Waals surface area (Å²) in [5.74, 6) is 0.210. The summed E-state index contributed by atoms with van der Waals surface area (Å²) in [4.78, 5) is 22.1. The lowest BCUT2D eigenvalue weighted by Crippen LogP contribution is -2.24. The van der Waals surface area contributed by atoms with E-state index in [2.05, 4.69) is 10.5 Å². The highest BCUT2D eigenvalue weighted by molar-refractivity contribution is 5.82. The molecule has 0 saturated heterocycles. The second-order valence-corrected chi connectivity index (χ2v) is 5.52. The van der Waals surface area contributed by atoms with Crippen molar-refractivity contribution in [3.63, 3.8) is 0 Å². The Balaban J connectivity index is 1.82. The number of nitro benzene ring substituents is 1. The van der Waals surface area contributed by atoms with Crippen molar-refractivity contribution in [1.29, 1.82) is 0 Å². The van der Waals surface area contributed by atoms with Gasteiger partial charge >= 0.3 is 0 Å². The molecule has 7 nitrogen and oxygen atoms in total. The number of hydrogen-bond acceptors (Lipinski definition) is 5. The van der Waals surface area contributed by atoms with Gasteiger partial charge in [-0.25, -0.2) is 5.43 Å². The largest absolute Gasteiger partial charge is 0.484 e. The van der Waals surface area contributed by atoms with Crippen molar-refractivity contribution in [1.82, 2.24) is 5.43 Å². The Morgan fingerprint density at radius 1 is 1.23 bits per heavy atom. The van der Waals surface area contributed by atoms with Gasteiger partial charge in [0.15, 0.2) is 6.61 Å². The standard InChI is InChI=1S/C19H19N3O4/c1-14-9-10-17(12-15(14)2)26-13-19(23)21-20-11-5-7-16-6-3-4-8-18(16)22(24)25/h3-12H,13H2,1-2H3,(H,21,23)/b7-5+,20-11-. The number of hydrogen-bond donors (Lipinski definition) is 1. The predicted molar refractivity (Wildman–Crippen MR) is 100 cm³/mol. The summed E-state index contributed by atoms with van der Waals surface area (Å²) in [6.45, 7) is 3.81. The molecule has 1 amide bonds. The van der Waals surface area contributed by atoms with Crippen molar-refractivity contribution in [2.75, 3.05) is 6.61 Å². The summed E-state index contributed by atoms with van der Waals surface area (Å²) >= 11 is 0. The maximum atomic E-state index is 11.7. The molecule has 2 rings (SSSR count). The number of para-hydroxylation sites is 1. The molecule has 0 heterocycles. The molecule has 0 fully saturated rings. The molecule has 0 aliphatic carbocycles. The van der Waals surface area contributed by atoms with E-state index in [0.29, 0.717) is 11.3 Å². The Bertz CT molecular complexity index is 860. The van der Waals surface area contributed by atoms with Gasteiger partial charge in [0.1, 0.15) is 5.75 Å². The number of amides is 1. The highest BCUT2D eigenvalue weighted by atomic mass is 16.6. The van der Waals surface area contributed by atoms with E-state index >= 15 is 0 Å². The number of rotatable bonds is 7. The van der Waals surface area contributed by atoms with Crippen LogP contribution in [0.15, 0.2) is 53.6 Å². The van der Waals surface area contributed by atoms with Crippen LogP contribution in [0.1, 0.15) is 16.7 Å². The molecule has 26 heavy (non-hydrogen) atoms. The molecule has 0 spiro atoms. The van der Waals surface area contributed by atoms with Gasteiger partial charge in [-0.1, -0.05) is 18.2 Å². The third-order valence-corrected chi connectivity index (χ3v) is 3.61. The number of nitrogens with zero attached hydrogens (tertiary/aromatic N) is 2. The van der Waals surface area contributed by atoms with Crippen LogP contribution in [0, 0.1) is 24.0 Å². The first-order chi connectivity index (χ1) is 12.5. The molecule has 2 aromatic carbocycles. The van der Waals surface area contributed by atoms with E-state index in [1.807, 2.05) is 26.0 Å². The Labute approximate surface area is 151 Å². The Morgan fingerprint density at radius 3 is 2.73 bits per heavy atom. The number of nitro groups is 1. The number of allylic oxidation sites excluding steroid dienone is 1. The van der Waals surface area contributed by atoms with E-state index in [1.54, 1.807) is 30.3 Å². The molecule has 0 aliphatic rings. The summed E-state index contributed by atoms with van der Waals surface area (Å²) in [5, 5.41) is 14.6. The van der Waals surface area contributed by atoms with Gasteiger partial charge in [-0.2, -0.15) is 5.10 Å². The van der Waals surface area contributed by atoms with Gasteiger partial charge in [0, 0.05) is 12.3 Å². The monoisotopic (exact) mass is 353 g/mol. The van der Waals surface area contributed by atoms with Crippen LogP contribution >= 0.6 is 0 Å². The summed E-state index contributed by atoms with van der Waals surface area (Å²) in [6, 6.07) is 11.9. The summed E-state index contributed by atoms with van der Waals surface area (Å²) < 4.78 is 5.39. The van der Waals surface area contributed by atoms with Crippen LogP contribution < -0.4 is 10.2 Å². The fourth-order valence-corrected chi connectivity index (χ4v) is 2.08. The van der Waals surface area contributed by atoms with E-state index in [9.17, 15) is 14.9 Å². The summed E-state index contributed by atoms with van der Waals surface area (Å²) in [5.41, 5.74) is 5.01. The van der Waals surface area contributed by atoms with Crippen molar-refractivity contribution in [2.24, 2.45) is 5.10 Å². The van der Waals surface area contributed by atoms with Crippen LogP contribution in [-0.2, 0) is 4.79 Å². The fourth-order valence-electron chi connectivity index (χ4n) is 2.08. The van der Waals surface area contributed by atoms with Gasteiger partial charge in [-0.15, -0.1) is 0 Å². The topological polar surface area (TPSA) is 93.8 Å². The first kappa shape index (κ1) is 18.9. The zero-order valence-electron chi connectivity index (χ0n) is 14.5. The average Bonchev–Trinajstić information content (AvgIpc) is 2.62. The molecule has 0 aliphatic heterocycles. The lowest BCUT2D eigenvalue weighted by molar-refractivity contribution is -0.385. The van der Waals surface area contributed by atoms with Crippen LogP contribution in [0.5, 0.6) is 5.75 Å². The molecule has 0 unspecified atom stereocenters. The van der Waals surface area contributed by atoms with Crippen LogP contribution in [0.25, 0.3) is 6.08 Å². The zero-order chi connectivity index (χ0) is 18.9. The highest BCUT2D eigenvalue weighted by Gasteiger charge is 2.08. The van der Waals surface area contributed by atoms with Crippen LogP contribution in [-0.4, -0.2) is 23.7 Å². The van der Waals surface area contributed by atoms with Crippen molar-refractivity contribution < 1.29 is 14.5 Å². The first-order valence-corrected chi connectivity index (χ1v) is 7.89. The number of benzene rings is 2. The third-order valence-electron chi connectivity index (χ3n) is 3.61. The molecular formula is C19H19N3O4. The van der Waals surface area contributed by atoms with Crippen molar-refractivity contribution in [3.05, 3.63) is 75.3 Å². The summed E-state index contributed by atoms with van der Waals surface area (Å²) in [7, 11) is 0. The average molecular weight is 353 g/mol.